The lowest BCUT2D eigenvalue weighted by atomic mass is 10.1. The number of rotatable bonds is 32. The minimum Gasteiger partial charge on any atom is -0.434 e. The molecule has 0 aliphatic carbocycles. The van der Waals surface area contributed by atoms with Crippen LogP contribution in [-0.4, -0.2) is 48.5 Å². The van der Waals surface area contributed by atoms with E-state index in [2.05, 4.69) is 19.2 Å². The van der Waals surface area contributed by atoms with E-state index in [9.17, 15) is 9.59 Å². The van der Waals surface area contributed by atoms with Crippen LogP contribution in [0.25, 0.3) is 0 Å². The van der Waals surface area contributed by atoms with Crippen LogP contribution in [0.4, 0.5) is 9.59 Å². The molecule has 0 aromatic carbocycles. The van der Waals surface area contributed by atoms with E-state index in [0.717, 1.165) is 35.9 Å². The Morgan fingerprint density at radius 3 is 1.17 bits per heavy atom. The summed E-state index contributed by atoms with van der Waals surface area (Å²) in [4.78, 5) is 24.6. The third-order valence-corrected chi connectivity index (χ3v) is 10.8. The fourth-order valence-electron chi connectivity index (χ4n) is 5.54. The Morgan fingerprint density at radius 1 is 0.500 bits per heavy atom. The van der Waals surface area contributed by atoms with Crippen molar-refractivity contribution in [3.63, 3.8) is 0 Å². The van der Waals surface area contributed by atoms with Crippen LogP contribution in [0.1, 0.15) is 175 Å². The van der Waals surface area contributed by atoms with E-state index in [1.807, 2.05) is 37.4 Å². The van der Waals surface area contributed by atoms with Crippen molar-refractivity contribution in [1.82, 2.24) is 5.32 Å². The first-order valence-electron chi connectivity index (χ1n) is 19.5. The third-order valence-electron chi connectivity index (χ3n) is 8.54. The number of allylic oxidation sites excluding steroid dienone is 2. The summed E-state index contributed by atoms with van der Waals surface area (Å²) in [6.07, 6.45) is 27.4. The SMILES string of the molecule is CCCCCCCCCCCCSCCCOC(=O)OC1=C(C)NC(C)=C(OC(=O)OCCCSCCCCCCCCCCCC)C1. The highest BCUT2D eigenvalue weighted by molar-refractivity contribution is 7.99. The number of ether oxygens (including phenoxy) is 4. The van der Waals surface area contributed by atoms with Gasteiger partial charge in [0.15, 0.2) is 0 Å². The van der Waals surface area contributed by atoms with E-state index in [4.69, 9.17) is 18.9 Å². The molecule has 1 aliphatic heterocycles. The molecule has 0 spiro atoms. The van der Waals surface area contributed by atoms with Gasteiger partial charge < -0.3 is 24.3 Å². The van der Waals surface area contributed by atoms with Gasteiger partial charge in [0.1, 0.15) is 11.5 Å². The average molecular weight is 714 g/mol. The Hall–Kier alpha value is -1.48. The van der Waals surface area contributed by atoms with Crippen LogP contribution in [-0.2, 0) is 18.9 Å². The van der Waals surface area contributed by atoms with Crippen molar-refractivity contribution in [1.29, 1.82) is 0 Å². The normalized spacial score (nSPS) is 13.1. The van der Waals surface area contributed by atoms with Crippen LogP contribution in [0.2, 0.25) is 0 Å². The van der Waals surface area contributed by atoms with Crippen molar-refractivity contribution in [2.45, 2.75) is 175 Å². The summed E-state index contributed by atoms with van der Waals surface area (Å²) in [7, 11) is 0. The molecule has 0 bridgehead atoms. The minimum atomic E-state index is -0.734. The zero-order chi connectivity index (χ0) is 34.9. The Bertz CT molecular complexity index is 811. The molecule has 0 atom stereocenters. The number of thioether (sulfide) groups is 2. The van der Waals surface area contributed by atoms with Crippen LogP contribution in [0.15, 0.2) is 22.9 Å². The first kappa shape index (κ1) is 44.5. The molecule has 1 N–H and O–H groups in total. The number of dihydropyridines is 1. The molecule has 9 heteroatoms. The highest BCUT2D eigenvalue weighted by Gasteiger charge is 2.23. The maximum atomic E-state index is 12.3. The van der Waals surface area contributed by atoms with Crippen molar-refractivity contribution in [3.05, 3.63) is 22.9 Å². The van der Waals surface area contributed by atoms with Gasteiger partial charge in [-0.1, -0.05) is 129 Å². The lowest BCUT2D eigenvalue weighted by Gasteiger charge is -2.22. The Kier molecular flexibility index (Phi) is 30.4. The van der Waals surface area contributed by atoms with Gasteiger partial charge in [0.25, 0.3) is 0 Å². The molecule has 48 heavy (non-hydrogen) atoms. The number of unbranched alkanes of at least 4 members (excludes halogenated alkanes) is 18. The van der Waals surface area contributed by atoms with E-state index in [1.54, 1.807) is 0 Å². The number of nitrogens with one attached hydrogen (secondary N) is 1. The minimum absolute atomic E-state index is 0.179. The molecule has 0 fully saturated rings. The van der Waals surface area contributed by atoms with Gasteiger partial charge in [-0.15, -0.1) is 0 Å². The summed E-state index contributed by atoms with van der Waals surface area (Å²) < 4.78 is 21.5. The molecular weight excluding hydrogens is 643 g/mol. The Balaban J connectivity index is 2.03. The van der Waals surface area contributed by atoms with Gasteiger partial charge in [0.05, 0.1) is 31.0 Å². The lowest BCUT2D eigenvalue weighted by molar-refractivity contribution is 0.0649. The molecule has 0 aromatic rings. The van der Waals surface area contributed by atoms with Gasteiger partial charge in [-0.25, -0.2) is 9.59 Å². The smallest absolute Gasteiger partial charge is 0.434 e. The molecule has 280 valence electrons. The molecule has 0 unspecified atom stereocenters. The predicted octanol–water partition coefficient (Wildman–Crippen LogP) is 12.8. The summed E-state index contributed by atoms with van der Waals surface area (Å²) in [6.45, 7) is 8.82. The molecule has 1 aliphatic rings. The van der Waals surface area contributed by atoms with Gasteiger partial charge in [-0.3, -0.25) is 0 Å². The quantitative estimate of drug-likeness (QED) is 0.0541. The molecule has 1 heterocycles. The predicted molar refractivity (Wildman–Crippen MR) is 206 cm³/mol. The topological polar surface area (TPSA) is 83.1 Å². The zero-order valence-electron chi connectivity index (χ0n) is 31.3. The number of carbonyl (C=O) groups is 2. The van der Waals surface area contributed by atoms with E-state index in [1.165, 1.54) is 128 Å². The van der Waals surface area contributed by atoms with Crippen molar-refractivity contribution >= 4 is 35.8 Å². The second kappa shape index (κ2) is 32.7. The summed E-state index contributed by atoms with van der Waals surface area (Å²) in [5.41, 5.74) is 1.38. The van der Waals surface area contributed by atoms with E-state index in [-0.39, 0.29) is 6.42 Å². The second-order valence-electron chi connectivity index (χ2n) is 13.1. The zero-order valence-corrected chi connectivity index (χ0v) is 32.9. The van der Waals surface area contributed by atoms with Crippen molar-refractivity contribution < 1.29 is 28.5 Å². The van der Waals surface area contributed by atoms with Gasteiger partial charge in [-0.05, 0) is 62.5 Å². The van der Waals surface area contributed by atoms with E-state index in [0.29, 0.717) is 36.1 Å². The molecular formula is C39H71NO6S2. The molecule has 1 rings (SSSR count). The molecule has 7 nitrogen and oxygen atoms in total. The molecule has 0 aromatic heterocycles. The summed E-state index contributed by atoms with van der Waals surface area (Å²) in [5.74, 6) is 5.02. The maximum Gasteiger partial charge on any atom is 0.513 e. The Labute approximate surface area is 303 Å². The second-order valence-corrected chi connectivity index (χ2v) is 15.5. The Morgan fingerprint density at radius 2 is 0.812 bits per heavy atom. The van der Waals surface area contributed by atoms with Crippen LogP contribution >= 0.6 is 23.5 Å². The first-order valence-corrected chi connectivity index (χ1v) is 21.8. The fourth-order valence-corrected chi connectivity index (χ4v) is 7.41. The largest absolute Gasteiger partial charge is 0.513 e. The van der Waals surface area contributed by atoms with Crippen LogP contribution in [0.5, 0.6) is 0 Å². The first-order chi connectivity index (χ1) is 23.5. The average Bonchev–Trinajstić information content (AvgIpc) is 3.06. The molecule has 0 radical (unpaired) electrons. The summed E-state index contributed by atoms with van der Waals surface area (Å²) in [6, 6.07) is 0. The van der Waals surface area contributed by atoms with Crippen molar-refractivity contribution in [3.8, 4) is 0 Å². The number of carbonyl (C=O) groups excluding carboxylic acids is 2. The van der Waals surface area contributed by atoms with Gasteiger partial charge >= 0.3 is 12.3 Å². The number of hydrogen-bond donors (Lipinski definition) is 1. The molecule has 0 saturated heterocycles. The monoisotopic (exact) mass is 713 g/mol. The standard InChI is InChI=1S/C39H71NO6S2/c1-5-7-9-11-13-15-17-19-21-23-29-47-31-25-27-43-38(41)45-36-33-37(35(4)40-34(36)3)46-39(42)44-28-26-32-48-30-24-22-20-18-16-14-12-10-8-6-2/h40H,5-33H2,1-4H3. The lowest BCUT2D eigenvalue weighted by Crippen LogP contribution is -2.23. The highest BCUT2D eigenvalue weighted by atomic mass is 32.2. The van der Waals surface area contributed by atoms with Crippen LogP contribution in [0.3, 0.4) is 0 Å². The van der Waals surface area contributed by atoms with Crippen LogP contribution < -0.4 is 5.32 Å². The third kappa shape index (κ3) is 26.4. The highest BCUT2D eigenvalue weighted by Crippen LogP contribution is 2.25. The molecule has 0 saturated carbocycles. The van der Waals surface area contributed by atoms with Gasteiger partial charge in [0, 0.05) is 0 Å². The van der Waals surface area contributed by atoms with Crippen LogP contribution in [0, 0.1) is 0 Å². The van der Waals surface area contributed by atoms with E-state index >= 15 is 0 Å². The fraction of sp³-hybridized carbons (Fsp3) is 0.846. The number of hydrogen-bond acceptors (Lipinski definition) is 9. The summed E-state index contributed by atoms with van der Waals surface area (Å²) in [5, 5.41) is 3.12. The van der Waals surface area contributed by atoms with Crippen molar-refractivity contribution in [2.75, 3.05) is 36.2 Å². The maximum absolute atomic E-state index is 12.3. The summed E-state index contributed by atoms with van der Waals surface area (Å²) >= 11 is 3.84. The molecule has 0 amide bonds. The van der Waals surface area contributed by atoms with E-state index < -0.39 is 12.3 Å². The van der Waals surface area contributed by atoms with Crippen molar-refractivity contribution in [2.24, 2.45) is 0 Å². The van der Waals surface area contributed by atoms with Gasteiger partial charge in [0.2, 0.25) is 0 Å². The van der Waals surface area contributed by atoms with Gasteiger partial charge in [-0.2, -0.15) is 23.5 Å².